The summed E-state index contributed by atoms with van der Waals surface area (Å²) in [5, 5.41) is 1.06. The standard InChI is InChI=1S/C20H8Br5Cl3O3/c21-13-14(22)16(24)19(17(25)15(13)23)31-20(29)9-3-1-8(2-4-9)7-30-18-11(27)5-10(26)6-12(18)28/h1-6H,7H2. The zero-order valence-electron chi connectivity index (χ0n) is 14.9. The van der Waals surface area contributed by atoms with Crippen molar-refractivity contribution in [3.05, 3.63) is 85.0 Å². The summed E-state index contributed by atoms with van der Waals surface area (Å²) in [6, 6.07) is 9.92. The van der Waals surface area contributed by atoms with Gasteiger partial charge in [-0.25, -0.2) is 4.79 Å². The fraction of sp³-hybridized carbons (Fsp3) is 0.0500. The number of benzene rings is 3. The number of hydrogen-bond acceptors (Lipinski definition) is 3. The van der Waals surface area contributed by atoms with Gasteiger partial charge in [0.15, 0.2) is 11.5 Å². The van der Waals surface area contributed by atoms with Crippen molar-refractivity contribution in [2.45, 2.75) is 6.61 Å². The zero-order valence-corrected chi connectivity index (χ0v) is 25.1. The molecule has 31 heavy (non-hydrogen) atoms. The minimum absolute atomic E-state index is 0.208. The molecule has 0 spiro atoms. The van der Waals surface area contributed by atoms with Crippen molar-refractivity contribution in [3.63, 3.8) is 0 Å². The van der Waals surface area contributed by atoms with Gasteiger partial charge < -0.3 is 9.47 Å². The number of ether oxygens (including phenoxy) is 2. The molecule has 0 aliphatic heterocycles. The van der Waals surface area contributed by atoms with Crippen LogP contribution in [0.5, 0.6) is 11.5 Å². The number of rotatable bonds is 5. The van der Waals surface area contributed by atoms with Crippen LogP contribution in [0.1, 0.15) is 15.9 Å². The van der Waals surface area contributed by atoms with Gasteiger partial charge in [-0.05, 0) is 109 Å². The van der Waals surface area contributed by atoms with Crippen molar-refractivity contribution in [1.29, 1.82) is 0 Å². The Labute approximate surface area is 235 Å². The second-order valence-corrected chi connectivity index (χ2v) is 11.2. The Morgan fingerprint density at radius 2 is 1.23 bits per heavy atom. The molecule has 162 valence electrons. The molecular formula is C20H8Br5Cl3O3. The maximum Gasteiger partial charge on any atom is 0.343 e. The summed E-state index contributed by atoms with van der Waals surface area (Å²) in [5.41, 5.74) is 1.19. The van der Waals surface area contributed by atoms with Crippen LogP contribution in [-0.4, -0.2) is 5.97 Å². The number of halogens is 8. The fourth-order valence-corrected chi connectivity index (χ4v) is 6.48. The molecule has 0 atom stereocenters. The van der Waals surface area contributed by atoms with Crippen molar-refractivity contribution >= 4 is 120 Å². The van der Waals surface area contributed by atoms with Crippen LogP contribution in [-0.2, 0) is 6.61 Å². The molecule has 0 amide bonds. The van der Waals surface area contributed by atoms with Crippen LogP contribution in [0, 0.1) is 0 Å². The van der Waals surface area contributed by atoms with E-state index < -0.39 is 5.97 Å². The van der Waals surface area contributed by atoms with Gasteiger partial charge >= 0.3 is 5.97 Å². The van der Waals surface area contributed by atoms with Crippen LogP contribution in [0.15, 0.2) is 58.8 Å². The first-order valence-electron chi connectivity index (χ1n) is 8.20. The summed E-state index contributed by atoms with van der Waals surface area (Å²) >= 11 is 35.4. The Balaban J connectivity index is 1.73. The Morgan fingerprint density at radius 1 is 0.742 bits per heavy atom. The molecule has 0 aliphatic rings. The Morgan fingerprint density at radius 3 is 1.74 bits per heavy atom. The summed E-state index contributed by atoms with van der Waals surface area (Å²) in [7, 11) is 0. The smallest absolute Gasteiger partial charge is 0.343 e. The molecular weight excluding hydrogens is 794 g/mol. The lowest BCUT2D eigenvalue weighted by molar-refractivity contribution is 0.0732. The normalized spacial score (nSPS) is 10.8. The molecule has 0 radical (unpaired) electrons. The van der Waals surface area contributed by atoms with E-state index in [9.17, 15) is 4.79 Å². The van der Waals surface area contributed by atoms with E-state index in [4.69, 9.17) is 44.3 Å². The first kappa shape index (κ1) is 25.8. The maximum atomic E-state index is 12.7. The Hall–Kier alpha value is 0.200. The van der Waals surface area contributed by atoms with Crippen LogP contribution in [0.4, 0.5) is 0 Å². The predicted molar refractivity (Wildman–Crippen MR) is 142 cm³/mol. The maximum absolute atomic E-state index is 12.7. The first-order valence-corrected chi connectivity index (χ1v) is 13.3. The molecule has 0 N–H and O–H groups in total. The minimum Gasteiger partial charge on any atom is -0.486 e. The molecule has 11 heteroatoms. The third-order valence-electron chi connectivity index (χ3n) is 3.90. The molecule has 0 saturated carbocycles. The third-order valence-corrected chi connectivity index (χ3v) is 10.7. The summed E-state index contributed by atoms with van der Waals surface area (Å²) in [4.78, 5) is 12.7. The summed E-state index contributed by atoms with van der Waals surface area (Å²) in [6.45, 7) is 0.208. The number of carbonyl (C=O) groups excluding carboxylic acids is 1. The van der Waals surface area contributed by atoms with Crippen LogP contribution in [0.2, 0.25) is 15.1 Å². The van der Waals surface area contributed by atoms with E-state index in [1.54, 1.807) is 36.4 Å². The predicted octanol–water partition coefficient (Wildman–Crippen LogP) is 10.3. The van der Waals surface area contributed by atoms with Crippen LogP contribution in [0.25, 0.3) is 0 Å². The van der Waals surface area contributed by atoms with Gasteiger partial charge in [0.25, 0.3) is 0 Å². The van der Waals surface area contributed by atoms with Gasteiger partial charge in [0, 0.05) is 9.50 Å². The topological polar surface area (TPSA) is 35.5 Å². The molecule has 3 aromatic rings. The lowest BCUT2D eigenvalue weighted by atomic mass is 10.1. The second kappa shape index (κ2) is 11.1. The van der Waals surface area contributed by atoms with E-state index in [0.717, 1.165) is 10.0 Å². The van der Waals surface area contributed by atoms with Crippen molar-refractivity contribution in [3.8, 4) is 11.5 Å². The minimum atomic E-state index is -0.515. The molecule has 3 rings (SSSR count). The Bertz CT molecular complexity index is 1120. The highest BCUT2D eigenvalue weighted by Crippen LogP contribution is 2.48. The Kier molecular flexibility index (Phi) is 9.23. The zero-order chi connectivity index (χ0) is 22.9. The van der Waals surface area contributed by atoms with Crippen LogP contribution in [0.3, 0.4) is 0 Å². The van der Waals surface area contributed by atoms with Gasteiger partial charge in [-0.2, -0.15) is 0 Å². The first-order chi connectivity index (χ1) is 14.6. The highest BCUT2D eigenvalue weighted by molar-refractivity contribution is 9.15. The molecule has 0 fully saturated rings. The molecule has 0 bridgehead atoms. The SMILES string of the molecule is O=C(Oc1c(Br)c(Br)c(Br)c(Br)c1Br)c1ccc(COc2c(Cl)cc(Cl)cc2Cl)cc1. The van der Waals surface area contributed by atoms with E-state index >= 15 is 0 Å². The van der Waals surface area contributed by atoms with E-state index in [1.165, 1.54) is 0 Å². The van der Waals surface area contributed by atoms with E-state index in [0.29, 0.717) is 50.0 Å². The lowest BCUT2D eigenvalue weighted by Crippen LogP contribution is -2.10. The van der Waals surface area contributed by atoms with Crippen molar-refractivity contribution in [2.75, 3.05) is 0 Å². The van der Waals surface area contributed by atoms with Gasteiger partial charge in [0.1, 0.15) is 6.61 Å². The second-order valence-electron chi connectivity index (χ2n) is 5.97. The van der Waals surface area contributed by atoms with Gasteiger partial charge in [-0.3, -0.25) is 0 Å². The molecule has 0 unspecified atom stereocenters. The molecule has 0 heterocycles. The molecule has 0 aliphatic carbocycles. The number of hydrogen-bond donors (Lipinski definition) is 0. The van der Waals surface area contributed by atoms with E-state index in [1.807, 2.05) is 0 Å². The van der Waals surface area contributed by atoms with Crippen molar-refractivity contribution < 1.29 is 14.3 Å². The number of esters is 1. The summed E-state index contributed by atoms with van der Waals surface area (Å²) < 4.78 is 14.7. The molecule has 3 aromatic carbocycles. The van der Waals surface area contributed by atoms with Crippen molar-refractivity contribution in [1.82, 2.24) is 0 Å². The van der Waals surface area contributed by atoms with Crippen molar-refractivity contribution in [2.24, 2.45) is 0 Å². The fourth-order valence-electron chi connectivity index (χ4n) is 2.39. The van der Waals surface area contributed by atoms with Gasteiger partial charge in [0.05, 0.1) is 33.5 Å². The molecule has 3 nitrogen and oxygen atoms in total. The summed E-state index contributed by atoms with van der Waals surface area (Å²) in [6.07, 6.45) is 0. The van der Waals surface area contributed by atoms with Gasteiger partial charge in [-0.1, -0.05) is 46.9 Å². The van der Waals surface area contributed by atoms with Gasteiger partial charge in [-0.15, -0.1) is 0 Å². The summed E-state index contributed by atoms with van der Waals surface area (Å²) in [5.74, 6) is 0.169. The van der Waals surface area contributed by atoms with Crippen LogP contribution >= 0.6 is 114 Å². The molecule has 0 aromatic heterocycles. The number of carbonyl (C=O) groups is 1. The highest BCUT2D eigenvalue weighted by atomic mass is 79.9. The quantitative estimate of drug-likeness (QED) is 0.112. The lowest BCUT2D eigenvalue weighted by Gasteiger charge is -2.14. The molecule has 0 saturated heterocycles. The van der Waals surface area contributed by atoms with E-state index in [2.05, 4.69) is 79.6 Å². The monoisotopic (exact) mass is 796 g/mol. The van der Waals surface area contributed by atoms with E-state index in [-0.39, 0.29) is 6.61 Å². The highest BCUT2D eigenvalue weighted by Gasteiger charge is 2.22. The largest absolute Gasteiger partial charge is 0.486 e. The van der Waals surface area contributed by atoms with Gasteiger partial charge in [0.2, 0.25) is 0 Å². The third kappa shape index (κ3) is 6.01. The average Bonchev–Trinajstić information content (AvgIpc) is 2.73. The van der Waals surface area contributed by atoms with Crippen LogP contribution < -0.4 is 9.47 Å². The average molecular weight is 802 g/mol.